The molecule has 4 atom stereocenters. The second-order valence-electron chi connectivity index (χ2n) is 12.8. The summed E-state index contributed by atoms with van der Waals surface area (Å²) >= 11 is 0. The van der Waals surface area contributed by atoms with Gasteiger partial charge in [-0.15, -0.1) is 0 Å². The van der Waals surface area contributed by atoms with Crippen LogP contribution in [0.15, 0.2) is 53.0 Å². The fourth-order valence-corrected chi connectivity index (χ4v) is 7.95. The molecular formula is C34H39N3O8. The zero-order valence-electron chi connectivity index (χ0n) is 25.7. The molecule has 1 fully saturated rings. The third-order valence-electron chi connectivity index (χ3n) is 10.0. The van der Waals surface area contributed by atoms with Crippen LogP contribution in [0.4, 0.5) is 0 Å². The number of amides is 1. The normalized spacial score (nSPS) is 26.9. The Balaban J connectivity index is 1.46. The highest BCUT2D eigenvalue weighted by atomic mass is 16.5. The Kier molecular flexibility index (Phi) is 7.75. The van der Waals surface area contributed by atoms with Crippen molar-refractivity contribution in [3.63, 3.8) is 0 Å². The Morgan fingerprint density at radius 1 is 1.09 bits per heavy atom. The predicted molar refractivity (Wildman–Crippen MR) is 165 cm³/mol. The van der Waals surface area contributed by atoms with Gasteiger partial charge in [0.1, 0.15) is 28.6 Å². The first-order valence-electron chi connectivity index (χ1n) is 15.3. The molecule has 0 spiro atoms. The second-order valence-corrected chi connectivity index (χ2v) is 12.8. The summed E-state index contributed by atoms with van der Waals surface area (Å²) in [5.74, 6) is -5.94. The standard InChI is InChI=1S/C34H39N3O8/c1-36(2)28-22-15-18-14-21-20(17-7-10-24(45-3)19(13-17)16-37-11-5-4-6-12-37)8-9-23(38)26(21)29(39)25(18)31(41)34(22,44)32(42)27(30(28)40)33(35)43/h7-10,13,18,22,28,38,40-41,44H,4-6,11-12,14-16H2,1-3H3,(H2,35,43)/t18-,22-,28-,34-/m0/s1. The maximum atomic E-state index is 14.1. The van der Waals surface area contributed by atoms with E-state index in [1.54, 1.807) is 27.3 Å². The monoisotopic (exact) mass is 617 g/mol. The molecule has 45 heavy (non-hydrogen) atoms. The third-order valence-corrected chi connectivity index (χ3v) is 10.0. The first-order valence-corrected chi connectivity index (χ1v) is 15.3. The summed E-state index contributed by atoms with van der Waals surface area (Å²) in [7, 11) is 4.85. The van der Waals surface area contributed by atoms with Gasteiger partial charge in [-0.25, -0.2) is 0 Å². The number of carbonyl (C=O) groups is 3. The van der Waals surface area contributed by atoms with Crippen LogP contribution in [0.3, 0.4) is 0 Å². The number of hydrogen-bond acceptors (Lipinski definition) is 10. The molecule has 0 radical (unpaired) electrons. The maximum Gasteiger partial charge on any atom is 0.255 e. The van der Waals surface area contributed by atoms with Gasteiger partial charge in [0.05, 0.1) is 18.7 Å². The summed E-state index contributed by atoms with van der Waals surface area (Å²) in [4.78, 5) is 43.8. The van der Waals surface area contributed by atoms with Crippen LogP contribution in [-0.4, -0.2) is 93.6 Å². The van der Waals surface area contributed by atoms with Gasteiger partial charge in [0.25, 0.3) is 5.91 Å². The molecule has 11 heteroatoms. The van der Waals surface area contributed by atoms with Crippen LogP contribution in [0, 0.1) is 11.8 Å². The molecule has 1 amide bonds. The van der Waals surface area contributed by atoms with Crippen molar-refractivity contribution in [2.75, 3.05) is 34.3 Å². The molecule has 6 N–H and O–H groups in total. The molecule has 1 heterocycles. The molecule has 0 bridgehead atoms. The number of ketones is 2. The molecule has 1 saturated heterocycles. The Morgan fingerprint density at radius 3 is 2.44 bits per heavy atom. The van der Waals surface area contributed by atoms with Crippen molar-refractivity contribution in [1.82, 2.24) is 9.80 Å². The van der Waals surface area contributed by atoms with E-state index in [1.807, 2.05) is 18.2 Å². The SMILES string of the molecule is COc1ccc(-c2ccc(O)c3c2C[C@H]2C[C@H]4[C@H](N(C)C)C(O)=C(C(N)=O)C(=O)[C@@]4(O)C(O)=C2C3=O)cc1CN1CCCCC1. The highest BCUT2D eigenvalue weighted by Gasteiger charge is 2.63. The van der Waals surface area contributed by atoms with Crippen molar-refractivity contribution in [3.05, 3.63) is 69.7 Å². The Labute approximate surface area is 261 Å². The zero-order valence-corrected chi connectivity index (χ0v) is 25.7. The minimum atomic E-state index is -2.67. The number of aliphatic hydroxyl groups is 3. The number of carbonyl (C=O) groups excluding carboxylic acids is 3. The van der Waals surface area contributed by atoms with Gasteiger partial charge in [0.15, 0.2) is 11.4 Å². The average Bonchev–Trinajstić information content (AvgIpc) is 2.99. The molecule has 0 saturated carbocycles. The molecule has 1 aliphatic heterocycles. The number of benzene rings is 2. The van der Waals surface area contributed by atoms with Crippen molar-refractivity contribution in [2.45, 2.75) is 50.3 Å². The van der Waals surface area contributed by atoms with Gasteiger partial charge in [-0.2, -0.15) is 0 Å². The number of rotatable bonds is 6. The van der Waals surface area contributed by atoms with E-state index in [2.05, 4.69) is 4.90 Å². The number of ether oxygens (including phenoxy) is 1. The van der Waals surface area contributed by atoms with Crippen LogP contribution in [0.5, 0.6) is 11.5 Å². The maximum absolute atomic E-state index is 14.1. The van der Waals surface area contributed by atoms with Crippen molar-refractivity contribution in [2.24, 2.45) is 17.6 Å². The van der Waals surface area contributed by atoms with Gasteiger partial charge < -0.3 is 30.9 Å². The van der Waals surface area contributed by atoms with Crippen LogP contribution in [-0.2, 0) is 22.6 Å². The van der Waals surface area contributed by atoms with E-state index in [0.717, 1.165) is 48.4 Å². The van der Waals surface area contributed by atoms with Gasteiger partial charge in [-0.3, -0.25) is 24.2 Å². The number of primary amides is 1. The topological polar surface area (TPSA) is 174 Å². The van der Waals surface area contributed by atoms with Crippen molar-refractivity contribution < 1.29 is 39.5 Å². The molecule has 2 aromatic rings. The molecular weight excluding hydrogens is 578 g/mol. The van der Waals surface area contributed by atoms with Crippen molar-refractivity contribution >= 4 is 17.5 Å². The quantitative estimate of drug-likeness (QED) is 0.303. The number of aliphatic hydroxyl groups excluding tert-OH is 2. The largest absolute Gasteiger partial charge is 0.510 e. The molecule has 4 aliphatic rings. The van der Waals surface area contributed by atoms with Crippen LogP contribution in [0.2, 0.25) is 0 Å². The van der Waals surface area contributed by atoms with Crippen LogP contribution in [0.1, 0.15) is 47.2 Å². The van der Waals surface area contributed by atoms with Crippen molar-refractivity contribution in [1.29, 1.82) is 0 Å². The number of hydrogen-bond donors (Lipinski definition) is 5. The number of aromatic hydroxyl groups is 1. The van der Waals surface area contributed by atoms with Gasteiger partial charge >= 0.3 is 0 Å². The van der Waals surface area contributed by atoms with Gasteiger partial charge in [0.2, 0.25) is 5.78 Å². The lowest BCUT2D eigenvalue weighted by Crippen LogP contribution is -2.63. The molecule has 3 aliphatic carbocycles. The summed E-state index contributed by atoms with van der Waals surface area (Å²) in [6, 6.07) is 8.01. The van der Waals surface area contributed by atoms with Crippen molar-refractivity contribution in [3.8, 4) is 22.6 Å². The number of Topliss-reactive ketones (excluding diaryl/α,β-unsaturated/α-hetero) is 2. The molecule has 11 nitrogen and oxygen atoms in total. The second kappa shape index (κ2) is 11.3. The fraction of sp³-hybridized carbons (Fsp3) is 0.441. The smallest absolute Gasteiger partial charge is 0.255 e. The third kappa shape index (κ3) is 4.72. The lowest BCUT2D eigenvalue weighted by Gasteiger charge is -2.50. The number of likely N-dealkylation sites (N-methyl/N-ethyl adjacent to an activating group) is 1. The number of nitrogens with zero attached hydrogens (tertiary/aromatic N) is 2. The highest BCUT2D eigenvalue weighted by Crippen LogP contribution is 2.53. The predicted octanol–water partition coefficient (Wildman–Crippen LogP) is 2.78. The first-order chi connectivity index (χ1) is 21.4. The number of piperidine rings is 1. The zero-order chi connectivity index (χ0) is 32.4. The number of likely N-dealkylation sites (tertiary alicyclic amines) is 1. The molecule has 6 rings (SSSR count). The van der Waals surface area contributed by atoms with E-state index in [4.69, 9.17) is 10.5 Å². The van der Waals surface area contributed by atoms with E-state index in [1.165, 1.54) is 17.4 Å². The molecule has 2 aromatic carbocycles. The van der Waals surface area contributed by atoms with Crippen LogP contribution >= 0.6 is 0 Å². The lowest BCUT2D eigenvalue weighted by atomic mass is 9.58. The van der Waals surface area contributed by atoms with E-state index in [-0.39, 0.29) is 29.7 Å². The number of phenols is 1. The number of fused-ring (bicyclic) bond motifs is 3. The van der Waals surface area contributed by atoms with Gasteiger partial charge in [-0.1, -0.05) is 18.6 Å². The minimum absolute atomic E-state index is 0.0123. The van der Waals surface area contributed by atoms with E-state index in [0.29, 0.717) is 12.1 Å². The average molecular weight is 618 g/mol. The van der Waals surface area contributed by atoms with Crippen LogP contribution in [0.25, 0.3) is 11.1 Å². The summed E-state index contributed by atoms with van der Waals surface area (Å²) in [5.41, 5.74) is 4.89. The summed E-state index contributed by atoms with van der Waals surface area (Å²) in [6.07, 6.45) is 3.76. The molecule has 0 aromatic heterocycles. The minimum Gasteiger partial charge on any atom is -0.510 e. The summed E-state index contributed by atoms with van der Waals surface area (Å²) in [6.45, 7) is 2.73. The Morgan fingerprint density at radius 2 is 1.80 bits per heavy atom. The van der Waals surface area contributed by atoms with Crippen LogP contribution < -0.4 is 10.5 Å². The van der Waals surface area contributed by atoms with E-state index < -0.39 is 58.0 Å². The molecule has 0 unspecified atom stereocenters. The number of methoxy groups -OCH3 is 1. The summed E-state index contributed by atoms with van der Waals surface area (Å²) in [5, 5.41) is 45.3. The summed E-state index contributed by atoms with van der Waals surface area (Å²) < 4.78 is 5.67. The van der Waals surface area contributed by atoms with Gasteiger partial charge in [0, 0.05) is 23.6 Å². The van der Waals surface area contributed by atoms with Gasteiger partial charge in [-0.05, 0) is 93.7 Å². The first kappa shape index (κ1) is 30.8. The van der Waals surface area contributed by atoms with E-state index in [9.17, 15) is 34.8 Å². The fourth-order valence-electron chi connectivity index (χ4n) is 7.95. The number of allylic oxidation sites excluding steroid dienone is 1. The Hall–Kier alpha value is -4.19. The molecule has 238 valence electrons. The highest BCUT2D eigenvalue weighted by molar-refractivity contribution is 6.24. The number of nitrogens with two attached hydrogens (primary N) is 1. The Bertz CT molecular complexity index is 1670. The number of phenolic OH excluding ortho intramolecular Hbond substituents is 1. The lowest BCUT2D eigenvalue weighted by molar-refractivity contribution is -0.148. The van der Waals surface area contributed by atoms with E-state index >= 15 is 0 Å².